The van der Waals surface area contributed by atoms with Crippen molar-refractivity contribution in [1.82, 2.24) is 0 Å². The van der Waals surface area contributed by atoms with Crippen molar-refractivity contribution in [2.45, 2.75) is 39.2 Å². The first-order chi connectivity index (χ1) is 9.90. The van der Waals surface area contributed by atoms with E-state index in [1.54, 1.807) is 14.0 Å². The summed E-state index contributed by atoms with van der Waals surface area (Å²) in [6.07, 6.45) is 1.48. The van der Waals surface area contributed by atoms with Gasteiger partial charge in [0.05, 0.1) is 17.8 Å². The van der Waals surface area contributed by atoms with Crippen molar-refractivity contribution < 1.29 is 14.3 Å². The highest BCUT2D eigenvalue weighted by atomic mass is 16.5. The molecule has 0 bridgehead atoms. The van der Waals surface area contributed by atoms with Crippen molar-refractivity contribution in [2.24, 2.45) is 5.73 Å². The lowest BCUT2D eigenvalue weighted by atomic mass is 9.96. The summed E-state index contributed by atoms with van der Waals surface area (Å²) in [4.78, 5) is 12.3. The molecule has 1 amide bonds. The number of hydrogen-bond donors (Lipinski definition) is 2. The molecule has 0 fully saturated rings. The SMILES string of the molecule is CCCC(C)(N)C(=O)Nc1ccc(C)cc1OCCOC. The van der Waals surface area contributed by atoms with Gasteiger partial charge in [-0.3, -0.25) is 4.79 Å². The van der Waals surface area contributed by atoms with E-state index in [0.717, 1.165) is 12.0 Å². The van der Waals surface area contributed by atoms with Crippen LogP contribution < -0.4 is 15.8 Å². The second-order valence-corrected chi connectivity index (χ2v) is 5.46. The highest BCUT2D eigenvalue weighted by Crippen LogP contribution is 2.27. The standard InChI is InChI=1S/C16H26N2O3/c1-5-8-16(3,17)15(19)18-13-7-6-12(2)11-14(13)21-10-9-20-4/h6-7,11H,5,8-10,17H2,1-4H3,(H,18,19). The summed E-state index contributed by atoms with van der Waals surface area (Å²) in [5.41, 5.74) is 6.86. The molecule has 21 heavy (non-hydrogen) atoms. The van der Waals surface area contributed by atoms with Crippen LogP contribution >= 0.6 is 0 Å². The number of carbonyl (C=O) groups is 1. The first-order valence-corrected chi connectivity index (χ1v) is 7.23. The van der Waals surface area contributed by atoms with Crippen LogP contribution in [0.4, 0.5) is 5.69 Å². The Kier molecular flexibility index (Phi) is 6.65. The Morgan fingerprint density at radius 3 is 2.71 bits per heavy atom. The number of aryl methyl sites for hydroxylation is 1. The quantitative estimate of drug-likeness (QED) is 0.722. The monoisotopic (exact) mass is 294 g/mol. The molecule has 0 aliphatic rings. The van der Waals surface area contributed by atoms with Crippen LogP contribution in [0, 0.1) is 6.92 Å². The van der Waals surface area contributed by atoms with Gasteiger partial charge in [0.1, 0.15) is 12.4 Å². The van der Waals surface area contributed by atoms with E-state index in [4.69, 9.17) is 15.2 Å². The van der Waals surface area contributed by atoms with Crippen molar-refractivity contribution in [3.63, 3.8) is 0 Å². The second-order valence-electron chi connectivity index (χ2n) is 5.46. The molecule has 0 aromatic heterocycles. The summed E-state index contributed by atoms with van der Waals surface area (Å²) in [6, 6.07) is 5.64. The lowest BCUT2D eigenvalue weighted by Crippen LogP contribution is -2.48. The van der Waals surface area contributed by atoms with Crippen molar-refractivity contribution in [3.05, 3.63) is 23.8 Å². The minimum absolute atomic E-state index is 0.204. The van der Waals surface area contributed by atoms with Crippen LogP contribution in [0.25, 0.3) is 0 Å². The fourth-order valence-corrected chi connectivity index (χ4v) is 1.99. The molecule has 1 atom stereocenters. The number of ether oxygens (including phenoxy) is 2. The van der Waals surface area contributed by atoms with Crippen molar-refractivity contribution in [3.8, 4) is 5.75 Å². The molecule has 0 aliphatic carbocycles. The number of amides is 1. The lowest BCUT2D eigenvalue weighted by Gasteiger charge is -2.23. The summed E-state index contributed by atoms with van der Waals surface area (Å²) in [5.74, 6) is 0.428. The Morgan fingerprint density at radius 1 is 1.38 bits per heavy atom. The highest BCUT2D eigenvalue weighted by molar-refractivity contribution is 5.98. The summed E-state index contributed by atoms with van der Waals surface area (Å²) in [7, 11) is 1.62. The predicted molar refractivity (Wildman–Crippen MR) is 84.7 cm³/mol. The number of nitrogens with one attached hydrogen (secondary N) is 1. The minimum Gasteiger partial charge on any atom is -0.489 e. The van der Waals surface area contributed by atoms with Gasteiger partial charge in [0.2, 0.25) is 5.91 Å². The zero-order valence-electron chi connectivity index (χ0n) is 13.4. The molecule has 0 aliphatic heterocycles. The van der Waals surface area contributed by atoms with E-state index in [1.807, 2.05) is 32.0 Å². The molecule has 0 spiro atoms. The van der Waals surface area contributed by atoms with Crippen LogP contribution in [0.2, 0.25) is 0 Å². The van der Waals surface area contributed by atoms with Crippen molar-refractivity contribution in [1.29, 1.82) is 0 Å². The predicted octanol–water partition coefficient (Wildman–Crippen LogP) is 2.48. The number of hydrogen-bond acceptors (Lipinski definition) is 4. The molecular formula is C16H26N2O3. The molecule has 0 heterocycles. The number of anilines is 1. The number of benzene rings is 1. The molecule has 0 saturated heterocycles. The van der Waals surface area contributed by atoms with Gasteiger partial charge in [0.15, 0.2) is 0 Å². The third-order valence-electron chi connectivity index (χ3n) is 3.22. The zero-order valence-corrected chi connectivity index (χ0v) is 13.4. The molecule has 118 valence electrons. The zero-order chi connectivity index (χ0) is 15.9. The largest absolute Gasteiger partial charge is 0.489 e. The molecule has 3 N–H and O–H groups in total. The third kappa shape index (κ3) is 5.36. The van der Waals surface area contributed by atoms with E-state index in [1.165, 1.54) is 0 Å². The van der Waals surface area contributed by atoms with Crippen LogP contribution in [0.3, 0.4) is 0 Å². The summed E-state index contributed by atoms with van der Waals surface area (Å²) >= 11 is 0. The van der Waals surface area contributed by atoms with E-state index in [9.17, 15) is 4.79 Å². The van der Waals surface area contributed by atoms with Crippen molar-refractivity contribution in [2.75, 3.05) is 25.6 Å². The Morgan fingerprint density at radius 2 is 2.10 bits per heavy atom. The smallest absolute Gasteiger partial charge is 0.244 e. The Hall–Kier alpha value is -1.59. The molecule has 0 saturated carbocycles. The van der Waals surface area contributed by atoms with Gasteiger partial charge in [-0.1, -0.05) is 19.4 Å². The Balaban J connectivity index is 2.84. The first kappa shape index (κ1) is 17.5. The van der Waals surface area contributed by atoms with Crippen molar-refractivity contribution >= 4 is 11.6 Å². The average molecular weight is 294 g/mol. The van der Waals surface area contributed by atoms with Gasteiger partial charge in [-0.25, -0.2) is 0 Å². The van der Waals surface area contributed by atoms with E-state index in [-0.39, 0.29) is 5.91 Å². The number of nitrogens with two attached hydrogens (primary N) is 1. The highest BCUT2D eigenvalue weighted by Gasteiger charge is 2.27. The van der Waals surface area contributed by atoms with Gasteiger partial charge in [-0.05, 0) is 38.0 Å². The Bertz CT molecular complexity index is 473. The first-order valence-electron chi connectivity index (χ1n) is 7.23. The third-order valence-corrected chi connectivity index (χ3v) is 3.22. The van der Waals surface area contributed by atoms with E-state index >= 15 is 0 Å². The molecule has 0 radical (unpaired) electrons. The second kappa shape index (κ2) is 8.00. The van der Waals surface area contributed by atoms with Gasteiger partial charge in [-0.15, -0.1) is 0 Å². The maximum atomic E-state index is 12.3. The average Bonchev–Trinajstić information content (AvgIpc) is 2.41. The molecule has 1 rings (SSSR count). The number of methoxy groups -OCH3 is 1. The number of rotatable bonds is 8. The fraction of sp³-hybridized carbons (Fsp3) is 0.562. The molecule has 5 nitrogen and oxygen atoms in total. The van der Waals surface area contributed by atoms with Crippen LogP contribution in [-0.4, -0.2) is 31.8 Å². The maximum absolute atomic E-state index is 12.3. The molecule has 1 unspecified atom stereocenters. The van der Waals surface area contributed by atoms with Gasteiger partial charge in [0.25, 0.3) is 0 Å². The van der Waals surface area contributed by atoms with Crippen LogP contribution in [0.1, 0.15) is 32.3 Å². The Labute approximate surface area is 126 Å². The van der Waals surface area contributed by atoms with Crippen LogP contribution in [0.5, 0.6) is 5.75 Å². The van der Waals surface area contributed by atoms with Gasteiger partial charge in [0, 0.05) is 7.11 Å². The summed E-state index contributed by atoms with van der Waals surface area (Å²) in [6.45, 7) is 6.64. The van der Waals surface area contributed by atoms with E-state index in [0.29, 0.717) is 31.1 Å². The van der Waals surface area contributed by atoms with Crippen LogP contribution in [0.15, 0.2) is 18.2 Å². The topological polar surface area (TPSA) is 73.6 Å². The summed E-state index contributed by atoms with van der Waals surface area (Å²) < 4.78 is 10.6. The minimum atomic E-state index is -0.885. The molecule has 1 aromatic rings. The molecule has 5 heteroatoms. The van der Waals surface area contributed by atoms with E-state index in [2.05, 4.69) is 5.32 Å². The van der Waals surface area contributed by atoms with Crippen LogP contribution in [-0.2, 0) is 9.53 Å². The molecule has 1 aromatic carbocycles. The normalized spacial score (nSPS) is 13.6. The maximum Gasteiger partial charge on any atom is 0.244 e. The van der Waals surface area contributed by atoms with Gasteiger partial charge in [-0.2, -0.15) is 0 Å². The molecular weight excluding hydrogens is 268 g/mol. The van der Waals surface area contributed by atoms with Gasteiger partial charge >= 0.3 is 0 Å². The van der Waals surface area contributed by atoms with Gasteiger partial charge < -0.3 is 20.5 Å². The summed E-state index contributed by atoms with van der Waals surface area (Å²) in [5, 5.41) is 2.86. The fourth-order valence-electron chi connectivity index (χ4n) is 1.99. The lowest BCUT2D eigenvalue weighted by molar-refractivity contribution is -0.120. The van der Waals surface area contributed by atoms with E-state index < -0.39 is 5.54 Å². The number of carbonyl (C=O) groups excluding carboxylic acids is 1.